The SMILES string of the molecule is CC(OCC1CC1)C(=O)N1CCN(S(=O)(=O)c2cccc(Cl)c2Cl)CC1. The van der Waals surface area contributed by atoms with Crippen molar-refractivity contribution < 1.29 is 17.9 Å². The Bertz CT molecular complexity index is 775. The van der Waals surface area contributed by atoms with Gasteiger partial charge in [-0.3, -0.25) is 4.79 Å². The highest BCUT2D eigenvalue weighted by molar-refractivity contribution is 7.89. The molecular weight excluding hydrogens is 399 g/mol. The summed E-state index contributed by atoms with van der Waals surface area (Å²) in [6.45, 7) is 3.45. The molecule has 1 atom stereocenters. The zero-order valence-electron chi connectivity index (χ0n) is 14.5. The molecular formula is C17H22Cl2N2O4S. The van der Waals surface area contributed by atoms with Gasteiger partial charge in [-0.1, -0.05) is 29.3 Å². The van der Waals surface area contributed by atoms with E-state index in [4.69, 9.17) is 27.9 Å². The van der Waals surface area contributed by atoms with Gasteiger partial charge in [-0.25, -0.2) is 8.42 Å². The van der Waals surface area contributed by atoms with E-state index in [1.807, 2.05) is 0 Å². The van der Waals surface area contributed by atoms with E-state index in [1.54, 1.807) is 24.0 Å². The molecule has 26 heavy (non-hydrogen) atoms. The minimum absolute atomic E-state index is 0.00687. The highest BCUT2D eigenvalue weighted by Gasteiger charge is 2.33. The molecule has 0 radical (unpaired) electrons. The summed E-state index contributed by atoms with van der Waals surface area (Å²) in [4.78, 5) is 14.1. The van der Waals surface area contributed by atoms with Crippen LogP contribution in [-0.4, -0.2) is 62.4 Å². The Morgan fingerprint density at radius 3 is 2.50 bits per heavy atom. The van der Waals surface area contributed by atoms with Crippen molar-refractivity contribution in [1.29, 1.82) is 0 Å². The lowest BCUT2D eigenvalue weighted by Crippen LogP contribution is -2.52. The standard InChI is InChI=1S/C17H22Cl2N2O4S/c1-12(25-11-13-5-6-13)17(22)20-7-9-21(10-8-20)26(23,24)15-4-2-3-14(18)16(15)19/h2-4,12-13H,5-11H2,1H3. The molecule has 3 rings (SSSR count). The smallest absolute Gasteiger partial charge is 0.251 e. The van der Waals surface area contributed by atoms with Crippen LogP contribution in [0.1, 0.15) is 19.8 Å². The number of carbonyl (C=O) groups excluding carboxylic acids is 1. The van der Waals surface area contributed by atoms with E-state index >= 15 is 0 Å². The molecule has 1 unspecified atom stereocenters. The van der Waals surface area contributed by atoms with Crippen molar-refractivity contribution in [3.05, 3.63) is 28.2 Å². The number of rotatable bonds is 6. The number of carbonyl (C=O) groups is 1. The first-order valence-electron chi connectivity index (χ1n) is 8.65. The molecule has 0 aromatic heterocycles. The molecule has 144 valence electrons. The summed E-state index contributed by atoms with van der Waals surface area (Å²) in [6, 6.07) is 4.54. The predicted octanol–water partition coefficient (Wildman–Crippen LogP) is 2.64. The molecule has 1 saturated carbocycles. The molecule has 2 fully saturated rings. The first-order chi connectivity index (χ1) is 12.3. The van der Waals surface area contributed by atoms with Gasteiger partial charge in [-0.05, 0) is 37.8 Å². The molecule has 0 N–H and O–H groups in total. The normalized spacial score (nSPS) is 20.2. The van der Waals surface area contributed by atoms with E-state index in [1.165, 1.54) is 23.2 Å². The van der Waals surface area contributed by atoms with Crippen LogP contribution in [0.4, 0.5) is 0 Å². The molecule has 0 spiro atoms. The maximum atomic E-state index is 12.8. The largest absolute Gasteiger partial charge is 0.368 e. The summed E-state index contributed by atoms with van der Waals surface area (Å²) < 4.78 is 32.6. The third-order valence-electron chi connectivity index (χ3n) is 4.71. The lowest BCUT2D eigenvalue weighted by molar-refractivity contribution is -0.144. The Kier molecular flexibility index (Phi) is 6.14. The van der Waals surface area contributed by atoms with Crippen LogP contribution in [0.2, 0.25) is 10.0 Å². The summed E-state index contributed by atoms with van der Waals surface area (Å²) in [7, 11) is -3.75. The molecule has 0 bridgehead atoms. The molecule has 9 heteroatoms. The lowest BCUT2D eigenvalue weighted by Gasteiger charge is -2.35. The summed E-state index contributed by atoms with van der Waals surface area (Å²) in [5.74, 6) is 0.498. The highest BCUT2D eigenvalue weighted by Crippen LogP contribution is 2.31. The lowest BCUT2D eigenvalue weighted by atomic mass is 10.3. The van der Waals surface area contributed by atoms with Crippen molar-refractivity contribution in [3.63, 3.8) is 0 Å². The second-order valence-electron chi connectivity index (χ2n) is 6.70. The molecule has 1 saturated heterocycles. The second-order valence-corrected chi connectivity index (χ2v) is 9.39. The molecule has 2 aliphatic rings. The van der Waals surface area contributed by atoms with Crippen LogP contribution in [-0.2, 0) is 19.6 Å². The van der Waals surface area contributed by atoms with Crippen molar-refractivity contribution in [1.82, 2.24) is 9.21 Å². The summed E-state index contributed by atoms with van der Waals surface area (Å²) in [5, 5.41) is 0.220. The van der Waals surface area contributed by atoms with Gasteiger partial charge in [0.2, 0.25) is 10.0 Å². The molecule has 1 amide bonds. The predicted molar refractivity (Wildman–Crippen MR) is 99.9 cm³/mol. The minimum atomic E-state index is -3.75. The molecule has 1 heterocycles. The maximum absolute atomic E-state index is 12.8. The van der Waals surface area contributed by atoms with Crippen molar-refractivity contribution in [2.45, 2.75) is 30.8 Å². The first-order valence-corrected chi connectivity index (χ1v) is 10.8. The number of ether oxygens (including phenoxy) is 1. The Labute approximate surface area is 164 Å². The van der Waals surface area contributed by atoms with Gasteiger partial charge in [0.15, 0.2) is 0 Å². The maximum Gasteiger partial charge on any atom is 0.251 e. The van der Waals surface area contributed by atoms with Crippen LogP contribution < -0.4 is 0 Å². The van der Waals surface area contributed by atoms with E-state index in [0.29, 0.717) is 25.6 Å². The second kappa shape index (κ2) is 8.02. The monoisotopic (exact) mass is 420 g/mol. The fourth-order valence-electron chi connectivity index (χ4n) is 2.86. The average Bonchev–Trinajstić information content (AvgIpc) is 3.45. The van der Waals surface area contributed by atoms with Crippen LogP contribution in [0.15, 0.2) is 23.1 Å². The third-order valence-corrected chi connectivity index (χ3v) is 7.58. The van der Waals surface area contributed by atoms with Crippen LogP contribution in [0.25, 0.3) is 0 Å². The summed E-state index contributed by atoms with van der Waals surface area (Å²) in [6.07, 6.45) is 1.84. The van der Waals surface area contributed by atoms with Crippen molar-refractivity contribution >= 4 is 39.1 Å². The summed E-state index contributed by atoms with van der Waals surface area (Å²) >= 11 is 12.0. The topological polar surface area (TPSA) is 66.9 Å². The number of halogens is 2. The van der Waals surface area contributed by atoms with Gasteiger partial charge in [0.05, 0.1) is 16.7 Å². The highest BCUT2D eigenvalue weighted by atomic mass is 35.5. The van der Waals surface area contributed by atoms with E-state index in [-0.39, 0.29) is 33.9 Å². The van der Waals surface area contributed by atoms with Gasteiger partial charge in [0.1, 0.15) is 11.0 Å². The quantitative estimate of drug-likeness (QED) is 0.709. The van der Waals surface area contributed by atoms with Crippen LogP contribution in [0, 0.1) is 5.92 Å². The zero-order chi connectivity index (χ0) is 18.9. The number of benzene rings is 1. The van der Waals surface area contributed by atoms with E-state index in [2.05, 4.69) is 0 Å². The Morgan fingerprint density at radius 1 is 1.23 bits per heavy atom. The van der Waals surface area contributed by atoms with Crippen LogP contribution >= 0.6 is 23.2 Å². The Hall–Kier alpha value is -0.860. The van der Waals surface area contributed by atoms with Crippen molar-refractivity contribution in [3.8, 4) is 0 Å². The van der Waals surface area contributed by atoms with E-state index < -0.39 is 16.1 Å². The molecule has 1 aromatic rings. The number of amides is 1. The molecule has 1 aromatic carbocycles. The van der Waals surface area contributed by atoms with Gasteiger partial charge in [0, 0.05) is 26.2 Å². The summed E-state index contributed by atoms with van der Waals surface area (Å²) in [5.41, 5.74) is 0. The zero-order valence-corrected chi connectivity index (χ0v) is 16.9. The molecule has 1 aliphatic heterocycles. The molecule has 6 nitrogen and oxygen atoms in total. The van der Waals surface area contributed by atoms with Gasteiger partial charge in [0.25, 0.3) is 5.91 Å². The van der Waals surface area contributed by atoms with Gasteiger partial charge in [-0.15, -0.1) is 0 Å². The number of nitrogens with zero attached hydrogens (tertiary/aromatic N) is 2. The number of hydrogen-bond donors (Lipinski definition) is 0. The van der Waals surface area contributed by atoms with Crippen molar-refractivity contribution in [2.75, 3.05) is 32.8 Å². The van der Waals surface area contributed by atoms with Gasteiger partial charge in [-0.2, -0.15) is 4.31 Å². The first kappa shape index (κ1) is 19.9. The average molecular weight is 421 g/mol. The number of sulfonamides is 1. The Morgan fingerprint density at radius 2 is 1.88 bits per heavy atom. The van der Waals surface area contributed by atoms with Gasteiger partial charge >= 0.3 is 0 Å². The Balaban J connectivity index is 1.60. The fraction of sp³-hybridized carbons (Fsp3) is 0.588. The number of piperazine rings is 1. The fourth-order valence-corrected chi connectivity index (χ4v) is 5.02. The van der Waals surface area contributed by atoms with Crippen LogP contribution in [0.5, 0.6) is 0 Å². The third kappa shape index (κ3) is 4.34. The number of hydrogen-bond acceptors (Lipinski definition) is 4. The van der Waals surface area contributed by atoms with E-state index in [0.717, 1.165) is 0 Å². The van der Waals surface area contributed by atoms with Gasteiger partial charge < -0.3 is 9.64 Å². The van der Waals surface area contributed by atoms with Crippen LogP contribution in [0.3, 0.4) is 0 Å². The minimum Gasteiger partial charge on any atom is -0.368 e. The van der Waals surface area contributed by atoms with Crippen molar-refractivity contribution in [2.24, 2.45) is 5.92 Å². The van der Waals surface area contributed by atoms with E-state index in [9.17, 15) is 13.2 Å². The molecule has 1 aliphatic carbocycles.